The van der Waals surface area contributed by atoms with Gasteiger partial charge >= 0.3 is 6.03 Å². The number of aryl methyl sites for hydroxylation is 1. The van der Waals surface area contributed by atoms with Gasteiger partial charge in [0.1, 0.15) is 5.82 Å². The summed E-state index contributed by atoms with van der Waals surface area (Å²) in [6, 6.07) is 14.8. The Morgan fingerprint density at radius 2 is 1.97 bits per heavy atom. The van der Waals surface area contributed by atoms with Crippen LogP contribution in [0.4, 0.5) is 10.6 Å². The summed E-state index contributed by atoms with van der Waals surface area (Å²) in [6.45, 7) is 2.18. The van der Waals surface area contributed by atoms with Gasteiger partial charge in [-0.05, 0) is 30.7 Å². The van der Waals surface area contributed by atoms with E-state index in [1.807, 2.05) is 49.4 Å². The second kappa shape index (κ2) is 8.71. The number of aliphatic hydroxyl groups is 1. The molecule has 3 aromatic heterocycles. The van der Waals surface area contributed by atoms with Gasteiger partial charge in [0.05, 0.1) is 30.2 Å². The summed E-state index contributed by atoms with van der Waals surface area (Å²) in [5, 5.41) is 20.4. The highest BCUT2D eigenvalue weighted by Gasteiger charge is 2.13. The SMILES string of the molecule is Cc1cc(-n2ncc3cc(NC(=O)NCC(CO)c4ccccc4)ncc32)ccn1. The zero-order valence-electron chi connectivity index (χ0n) is 16.5. The van der Waals surface area contributed by atoms with Crippen LogP contribution in [0.3, 0.4) is 0 Å². The normalized spacial score (nSPS) is 11.9. The number of anilines is 1. The minimum atomic E-state index is -0.381. The Bertz CT molecular complexity index is 1160. The molecule has 0 saturated heterocycles. The molecule has 1 aromatic carbocycles. The number of carbonyl (C=O) groups is 1. The van der Waals surface area contributed by atoms with E-state index in [1.165, 1.54) is 0 Å². The lowest BCUT2D eigenvalue weighted by Gasteiger charge is -2.15. The molecule has 0 aliphatic rings. The Morgan fingerprint density at radius 3 is 2.73 bits per heavy atom. The van der Waals surface area contributed by atoms with Gasteiger partial charge in [0.25, 0.3) is 0 Å². The number of pyridine rings is 2. The number of amides is 2. The van der Waals surface area contributed by atoms with Crippen LogP contribution in [-0.4, -0.2) is 44.0 Å². The van der Waals surface area contributed by atoms with E-state index in [0.717, 1.165) is 27.8 Å². The second-order valence-corrected chi connectivity index (χ2v) is 6.97. The van der Waals surface area contributed by atoms with Crippen LogP contribution < -0.4 is 10.6 Å². The van der Waals surface area contributed by atoms with Crippen molar-refractivity contribution < 1.29 is 9.90 Å². The second-order valence-electron chi connectivity index (χ2n) is 6.97. The summed E-state index contributed by atoms with van der Waals surface area (Å²) in [5.74, 6) is 0.250. The molecule has 0 fully saturated rings. The van der Waals surface area contributed by atoms with Crippen molar-refractivity contribution in [3.63, 3.8) is 0 Å². The molecule has 152 valence electrons. The predicted molar refractivity (Wildman–Crippen MR) is 115 cm³/mol. The van der Waals surface area contributed by atoms with Crippen molar-refractivity contribution in [1.29, 1.82) is 0 Å². The highest BCUT2D eigenvalue weighted by atomic mass is 16.3. The van der Waals surface area contributed by atoms with Crippen LogP contribution in [0, 0.1) is 6.92 Å². The van der Waals surface area contributed by atoms with Crippen LogP contribution >= 0.6 is 0 Å². The number of rotatable bonds is 6. The number of fused-ring (bicyclic) bond motifs is 1. The fourth-order valence-electron chi connectivity index (χ4n) is 3.25. The van der Waals surface area contributed by atoms with Crippen LogP contribution in [0.1, 0.15) is 17.2 Å². The van der Waals surface area contributed by atoms with E-state index >= 15 is 0 Å². The fourth-order valence-corrected chi connectivity index (χ4v) is 3.25. The van der Waals surface area contributed by atoms with Crippen LogP contribution in [0.15, 0.2) is 67.1 Å². The molecule has 3 heterocycles. The van der Waals surface area contributed by atoms with Gasteiger partial charge in [-0.15, -0.1) is 0 Å². The van der Waals surface area contributed by atoms with Gasteiger partial charge in [-0.1, -0.05) is 30.3 Å². The van der Waals surface area contributed by atoms with Gasteiger partial charge in [-0.25, -0.2) is 14.5 Å². The van der Waals surface area contributed by atoms with Crippen LogP contribution in [-0.2, 0) is 0 Å². The lowest BCUT2D eigenvalue weighted by molar-refractivity contribution is 0.243. The summed E-state index contributed by atoms with van der Waals surface area (Å²) < 4.78 is 1.78. The number of hydrogen-bond donors (Lipinski definition) is 3. The molecule has 0 radical (unpaired) electrons. The molecule has 0 aliphatic carbocycles. The van der Waals surface area contributed by atoms with Crippen LogP contribution in [0.5, 0.6) is 0 Å². The summed E-state index contributed by atoms with van der Waals surface area (Å²) in [4.78, 5) is 20.8. The first-order chi connectivity index (χ1) is 14.6. The molecule has 1 atom stereocenters. The smallest absolute Gasteiger partial charge is 0.320 e. The molecule has 3 N–H and O–H groups in total. The Balaban J connectivity index is 1.43. The molecule has 0 spiro atoms. The number of aromatic nitrogens is 4. The van der Waals surface area contributed by atoms with E-state index < -0.39 is 0 Å². The first-order valence-corrected chi connectivity index (χ1v) is 9.61. The van der Waals surface area contributed by atoms with Crippen molar-refractivity contribution in [2.45, 2.75) is 12.8 Å². The Kier molecular flexibility index (Phi) is 5.67. The zero-order chi connectivity index (χ0) is 20.9. The van der Waals surface area contributed by atoms with Crippen molar-refractivity contribution in [2.24, 2.45) is 0 Å². The maximum Gasteiger partial charge on any atom is 0.320 e. The monoisotopic (exact) mass is 402 g/mol. The zero-order valence-corrected chi connectivity index (χ0v) is 16.5. The topological polar surface area (TPSA) is 105 Å². The quantitative estimate of drug-likeness (QED) is 0.460. The number of nitrogens with one attached hydrogen (secondary N) is 2. The number of carbonyl (C=O) groups excluding carboxylic acids is 1. The van der Waals surface area contributed by atoms with Gasteiger partial charge in [0, 0.05) is 29.7 Å². The molecule has 4 aromatic rings. The number of hydrogen-bond acceptors (Lipinski definition) is 5. The Hall–Kier alpha value is -3.78. The third-order valence-electron chi connectivity index (χ3n) is 4.82. The maximum atomic E-state index is 12.3. The summed E-state index contributed by atoms with van der Waals surface area (Å²) in [6.07, 6.45) is 5.14. The van der Waals surface area contributed by atoms with Crippen LogP contribution in [0.2, 0.25) is 0 Å². The predicted octanol–water partition coefficient (Wildman–Crippen LogP) is 3.02. The minimum absolute atomic E-state index is 0.0534. The van der Waals surface area contributed by atoms with E-state index in [9.17, 15) is 9.90 Å². The fraction of sp³-hybridized carbons (Fsp3) is 0.182. The largest absolute Gasteiger partial charge is 0.396 e. The summed E-state index contributed by atoms with van der Waals surface area (Å²) >= 11 is 0. The van der Waals surface area contributed by atoms with Crippen molar-refractivity contribution in [3.8, 4) is 5.69 Å². The van der Waals surface area contributed by atoms with E-state index in [4.69, 9.17) is 0 Å². The molecular weight excluding hydrogens is 380 g/mol. The highest BCUT2D eigenvalue weighted by Crippen LogP contribution is 2.20. The molecule has 0 saturated carbocycles. The standard InChI is InChI=1S/C22H22N6O2/c1-15-9-19(7-8-23-15)28-20-13-24-21(10-17(20)12-26-28)27-22(30)25-11-18(14-29)16-5-3-2-4-6-16/h2-10,12-13,18,29H,11,14H2,1H3,(H2,24,25,27,30). The lowest BCUT2D eigenvalue weighted by atomic mass is 10.0. The van der Waals surface area contributed by atoms with Gasteiger partial charge in [-0.2, -0.15) is 5.10 Å². The lowest BCUT2D eigenvalue weighted by Crippen LogP contribution is -2.33. The van der Waals surface area contributed by atoms with Gasteiger partial charge in [0.15, 0.2) is 0 Å². The van der Waals surface area contributed by atoms with Crippen molar-refractivity contribution in [2.75, 3.05) is 18.5 Å². The molecule has 1 unspecified atom stereocenters. The molecule has 8 heteroatoms. The van der Waals surface area contributed by atoms with Crippen molar-refractivity contribution >= 4 is 22.8 Å². The Morgan fingerprint density at radius 1 is 1.13 bits per heavy atom. The first kappa shape index (κ1) is 19.5. The molecular formula is C22H22N6O2. The van der Waals surface area contributed by atoms with Crippen LogP contribution in [0.25, 0.3) is 16.6 Å². The average Bonchev–Trinajstić information content (AvgIpc) is 3.18. The van der Waals surface area contributed by atoms with E-state index in [-0.39, 0.29) is 18.6 Å². The van der Waals surface area contributed by atoms with E-state index in [0.29, 0.717) is 12.4 Å². The van der Waals surface area contributed by atoms with Crippen molar-refractivity contribution in [3.05, 3.63) is 78.4 Å². The summed E-state index contributed by atoms with van der Waals surface area (Å²) in [5.41, 5.74) is 3.60. The third-order valence-corrected chi connectivity index (χ3v) is 4.82. The van der Waals surface area contributed by atoms with E-state index in [2.05, 4.69) is 25.7 Å². The Labute approximate surface area is 173 Å². The molecule has 0 bridgehead atoms. The van der Waals surface area contributed by atoms with Gasteiger partial charge < -0.3 is 10.4 Å². The number of benzene rings is 1. The summed E-state index contributed by atoms with van der Waals surface area (Å²) in [7, 11) is 0. The molecule has 30 heavy (non-hydrogen) atoms. The average molecular weight is 402 g/mol. The number of nitrogens with zero attached hydrogens (tertiary/aromatic N) is 4. The number of urea groups is 1. The minimum Gasteiger partial charge on any atom is -0.396 e. The highest BCUT2D eigenvalue weighted by molar-refractivity contribution is 5.91. The molecule has 8 nitrogen and oxygen atoms in total. The number of aliphatic hydroxyl groups excluding tert-OH is 1. The molecule has 4 rings (SSSR count). The van der Waals surface area contributed by atoms with Gasteiger partial charge in [0.2, 0.25) is 0 Å². The molecule has 2 amide bonds. The molecule has 0 aliphatic heterocycles. The third kappa shape index (κ3) is 4.28. The van der Waals surface area contributed by atoms with Crippen molar-refractivity contribution in [1.82, 2.24) is 25.1 Å². The van der Waals surface area contributed by atoms with E-state index in [1.54, 1.807) is 29.3 Å². The van der Waals surface area contributed by atoms with Gasteiger partial charge in [-0.3, -0.25) is 10.3 Å². The first-order valence-electron chi connectivity index (χ1n) is 9.61. The maximum absolute atomic E-state index is 12.3.